The molecule has 3 rings (SSSR count). The maximum Gasteiger partial charge on any atom is 0.229 e. The number of pyridine rings is 1. The Kier molecular flexibility index (Phi) is 5.23. The Bertz CT molecular complexity index is 820. The van der Waals surface area contributed by atoms with Gasteiger partial charge in [0.2, 0.25) is 5.91 Å². The smallest absolute Gasteiger partial charge is 0.229 e. The van der Waals surface area contributed by atoms with Crippen molar-refractivity contribution >= 4 is 39.0 Å². The molecule has 0 spiro atoms. The number of halogens is 1. The summed E-state index contributed by atoms with van der Waals surface area (Å²) in [5.41, 5.74) is 2.81. The van der Waals surface area contributed by atoms with Gasteiger partial charge in [0.1, 0.15) is 5.82 Å². The lowest BCUT2D eigenvalue weighted by Gasteiger charge is -2.08. The van der Waals surface area contributed by atoms with Gasteiger partial charge in [0.25, 0.3) is 0 Å². The summed E-state index contributed by atoms with van der Waals surface area (Å²) in [6.07, 6.45) is 2.01. The second-order valence-corrected chi connectivity index (χ2v) is 6.19. The van der Waals surface area contributed by atoms with Gasteiger partial charge in [0.05, 0.1) is 18.3 Å². The predicted octanol–water partition coefficient (Wildman–Crippen LogP) is 4.77. The summed E-state index contributed by atoms with van der Waals surface area (Å²) in [4.78, 5) is 16.4. The van der Waals surface area contributed by atoms with Gasteiger partial charge in [-0.05, 0) is 42.0 Å². The van der Waals surface area contributed by atoms with Gasteiger partial charge in [-0.15, -0.1) is 0 Å². The van der Waals surface area contributed by atoms with Crippen LogP contribution < -0.4 is 10.6 Å². The van der Waals surface area contributed by atoms with Gasteiger partial charge in [-0.2, -0.15) is 0 Å². The number of rotatable bonds is 5. The van der Waals surface area contributed by atoms with Gasteiger partial charge in [-0.1, -0.05) is 46.3 Å². The van der Waals surface area contributed by atoms with Crippen LogP contribution in [-0.2, 0) is 11.2 Å². The zero-order chi connectivity index (χ0) is 16.8. The van der Waals surface area contributed by atoms with Crippen LogP contribution in [0, 0.1) is 0 Å². The van der Waals surface area contributed by atoms with Gasteiger partial charge in [0, 0.05) is 10.2 Å². The number of hydrogen-bond donors (Lipinski definition) is 2. The second-order valence-electron chi connectivity index (χ2n) is 5.28. The Balaban J connectivity index is 1.58. The molecule has 4 nitrogen and oxygen atoms in total. The highest BCUT2D eigenvalue weighted by atomic mass is 79.9. The largest absolute Gasteiger partial charge is 0.354 e. The molecule has 0 bridgehead atoms. The van der Waals surface area contributed by atoms with Gasteiger partial charge < -0.3 is 10.6 Å². The molecule has 0 fully saturated rings. The zero-order valence-corrected chi connectivity index (χ0v) is 14.5. The molecule has 2 aromatic carbocycles. The monoisotopic (exact) mass is 381 g/mol. The van der Waals surface area contributed by atoms with Gasteiger partial charge in [-0.25, -0.2) is 4.98 Å². The molecule has 0 radical (unpaired) electrons. The van der Waals surface area contributed by atoms with E-state index in [0.29, 0.717) is 12.2 Å². The lowest BCUT2D eigenvalue weighted by atomic mass is 10.1. The van der Waals surface area contributed by atoms with Crippen molar-refractivity contribution in [2.75, 3.05) is 10.6 Å². The van der Waals surface area contributed by atoms with E-state index >= 15 is 0 Å². The van der Waals surface area contributed by atoms with Gasteiger partial charge in [0.15, 0.2) is 0 Å². The fourth-order valence-corrected chi connectivity index (χ4v) is 2.70. The molecule has 5 heteroatoms. The minimum atomic E-state index is -0.0932. The molecular weight excluding hydrogens is 366 g/mol. The minimum Gasteiger partial charge on any atom is -0.354 e. The first-order valence-electron chi connectivity index (χ1n) is 7.51. The molecule has 1 amide bonds. The summed E-state index contributed by atoms with van der Waals surface area (Å²) < 4.78 is 0.960. The highest BCUT2D eigenvalue weighted by molar-refractivity contribution is 9.10. The number of benzene rings is 2. The van der Waals surface area contributed by atoms with Crippen LogP contribution in [0.4, 0.5) is 17.2 Å². The quantitative estimate of drug-likeness (QED) is 0.669. The molecule has 1 heterocycles. The molecule has 3 aromatic rings. The van der Waals surface area contributed by atoms with E-state index in [0.717, 1.165) is 21.4 Å². The first-order chi connectivity index (χ1) is 11.7. The molecule has 120 valence electrons. The van der Waals surface area contributed by atoms with E-state index in [4.69, 9.17) is 0 Å². The average molecular weight is 382 g/mol. The molecule has 0 aliphatic carbocycles. The lowest BCUT2D eigenvalue weighted by molar-refractivity contribution is -0.115. The van der Waals surface area contributed by atoms with E-state index in [9.17, 15) is 4.79 Å². The molecule has 0 unspecified atom stereocenters. The molecule has 1 aromatic heterocycles. The van der Waals surface area contributed by atoms with Crippen molar-refractivity contribution in [3.63, 3.8) is 0 Å². The zero-order valence-electron chi connectivity index (χ0n) is 12.9. The third kappa shape index (κ3) is 4.67. The average Bonchev–Trinajstić information content (AvgIpc) is 2.57. The minimum absolute atomic E-state index is 0.0932. The van der Waals surface area contributed by atoms with Crippen LogP contribution in [0.5, 0.6) is 0 Å². The van der Waals surface area contributed by atoms with Crippen LogP contribution in [0.15, 0.2) is 77.4 Å². The molecule has 0 aliphatic rings. The maximum absolute atomic E-state index is 12.1. The molecule has 0 saturated carbocycles. The Morgan fingerprint density at radius 1 is 0.958 bits per heavy atom. The number of carbonyl (C=O) groups excluding carboxylic acids is 1. The Morgan fingerprint density at radius 2 is 1.79 bits per heavy atom. The Hall–Kier alpha value is -2.66. The van der Waals surface area contributed by atoms with Crippen LogP contribution in [0.25, 0.3) is 0 Å². The molecule has 24 heavy (non-hydrogen) atoms. The van der Waals surface area contributed by atoms with E-state index in [1.165, 1.54) is 0 Å². The summed E-state index contributed by atoms with van der Waals surface area (Å²) in [7, 11) is 0. The number of aromatic nitrogens is 1. The second kappa shape index (κ2) is 7.75. The number of nitrogens with zero attached hydrogens (tertiary/aromatic N) is 1. The van der Waals surface area contributed by atoms with E-state index in [2.05, 4.69) is 31.5 Å². The number of anilines is 3. The number of nitrogens with one attached hydrogen (secondary N) is 2. The third-order valence-electron chi connectivity index (χ3n) is 3.35. The Morgan fingerprint density at radius 3 is 2.50 bits per heavy atom. The van der Waals surface area contributed by atoms with Crippen molar-refractivity contribution in [3.8, 4) is 0 Å². The van der Waals surface area contributed by atoms with Crippen molar-refractivity contribution in [2.45, 2.75) is 6.42 Å². The van der Waals surface area contributed by atoms with Crippen molar-refractivity contribution in [1.82, 2.24) is 4.98 Å². The SMILES string of the molecule is O=C(Cc1cccc(Br)c1)Nc1ccc(Nc2ccccc2)cn1. The summed E-state index contributed by atoms with van der Waals surface area (Å²) in [6.45, 7) is 0. The van der Waals surface area contributed by atoms with Crippen LogP contribution in [0.1, 0.15) is 5.56 Å². The number of amides is 1. The number of para-hydroxylation sites is 1. The standard InChI is InChI=1S/C19H16BrN3O/c20-15-6-4-5-14(11-15)12-19(24)23-18-10-9-17(13-21-18)22-16-7-2-1-3-8-16/h1-11,13,22H,12H2,(H,21,23,24). The van der Waals surface area contributed by atoms with Gasteiger partial charge in [-0.3, -0.25) is 4.79 Å². The highest BCUT2D eigenvalue weighted by Gasteiger charge is 2.05. The fourth-order valence-electron chi connectivity index (χ4n) is 2.25. The Labute approximate surface area is 149 Å². The van der Waals surface area contributed by atoms with Crippen molar-refractivity contribution in [3.05, 3.63) is 83.0 Å². The molecule has 0 saturated heterocycles. The van der Waals surface area contributed by atoms with Crippen molar-refractivity contribution in [2.24, 2.45) is 0 Å². The lowest BCUT2D eigenvalue weighted by Crippen LogP contribution is -2.15. The molecule has 2 N–H and O–H groups in total. The van der Waals surface area contributed by atoms with Crippen LogP contribution in [0.3, 0.4) is 0 Å². The number of hydrogen-bond acceptors (Lipinski definition) is 3. The fraction of sp³-hybridized carbons (Fsp3) is 0.0526. The van der Waals surface area contributed by atoms with E-state index < -0.39 is 0 Å². The third-order valence-corrected chi connectivity index (χ3v) is 3.84. The van der Waals surface area contributed by atoms with E-state index in [1.807, 2.05) is 60.7 Å². The van der Waals surface area contributed by atoms with Gasteiger partial charge >= 0.3 is 0 Å². The summed E-state index contributed by atoms with van der Waals surface area (Å²) in [5, 5.41) is 6.06. The topological polar surface area (TPSA) is 54.0 Å². The highest BCUT2D eigenvalue weighted by Crippen LogP contribution is 2.17. The molecule has 0 aliphatic heterocycles. The molecule has 0 atom stereocenters. The maximum atomic E-state index is 12.1. The van der Waals surface area contributed by atoms with E-state index in [1.54, 1.807) is 12.3 Å². The molecular formula is C19H16BrN3O. The van der Waals surface area contributed by atoms with E-state index in [-0.39, 0.29) is 5.91 Å². The predicted molar refractivity (Wildman–Crippen MR) is 100 cm³/mol. The summed E-state index contributed by atoms with van der Waals surface area (Å²) in [6, 6.07) is 21.2. The number of carbonyl (C=O) groups is 1. The first-order valence-corrected chi connectivity index (χ1v) is 8.31. The van der Waals surface area contributed by atoms with Crippen LogP contribution in [0.2, 0.25) is 0 Å². The van der Waals surface area contributed by atoms with Crippen molar-refractivity contribution < 1.29 is 4.79 Å². The first kappa shape index (κ1) is 16.2. The van der Waals surface area contributed by atoms with Crippen molar-refractivity contribution in [1.29, 1.82) is 0 Å². The normalized spacial score (nSPS) is 10.2. The van der Waals surface area contributed by atoms with Crippen LogP contribution >= 0.6 is 15.9 Å². The summed E-state index contributed by atoms with van der Waals surface area (Å²) >= 11 is 3.40. The van der Waals surface area contributed by atoms with Crippen LogP contribution in [-0.4, -0.2) is 10.9 Å². The summed E-state index contributed by atoms with van der Waals surface area (Å²) in [5.74, 6) is 0.443.